The number of aryl methyl sites for hydroxylation is 3. The van der Waals surface area contributed by atoms with E-state index >= 15 is 0 Å². The highest BCUT2D eigenvalue weighted by atomic mass is 16.4. The highest BCUT2D eigenvalue weighted by Gasteiger charge is 2.09. The first kappa shape index (κ1) is 11.6. The summed E-state index contributed by atoms with van der Waals surface area (Å²) in [5, 5.41) is 8.66. The van der Waals surface area contributed by atoms with Crippen molar-refractivity contribution in [3.05, 3.63) is 29.5 Å². The molecule has 0 spiro atoms. The van der Waals surface area contributed by atoms with Crippen molar-refractivity contribution in [1.82, 2.24) is 14.4 Å². The second kappa shape index (κ2) is 4.53. The first-order chi connectivity index (χ1) is 8.11. The van der Waals surface area contributed by atoms with Crippen LogP contribution in [-0.4, -0.2) is 25.4 Å². The predicted octanol–water partition coefficient (Wildman–Crippen LogP) is 1.62. The second-order valence-electron chi connectivity index (χ2n) is 4.00. The van der Waals surface area contributed by atoms with Gasteiger partial charge in [0.2, 0.25) is 0 Å². The number of fused-ring (bicyclic) bond motifs is 1. The molecule has 1 N–H and O–H groups in total. The topological polar surface area (TPSA) is 67.5 Å². The summed E-state index contributed by atoms with van der Waals surface area (Å²) in [6.07, 6.45) is 5.14. The summed E-state index contributed by atoms with van der Waals surface area (Å²) in [6.45, 7) is 3.97. The van der Waals surface area contributed by atoms with Crippen LogP contribution in [0.15, 0.2) is 12.4 Å². The normalized spacial score (nSPS) is 10.9. The molecule has 2 heterocycles. The molecule has 0 aliphatic carbocycles. The smallest absolute Gasteiger partial charge is 0.303 e. The Bertz CT molecular complexity index is 560. The lowest BCUT2D eigenvalue weighted by Crippen LogP contribution is -1.97. The number of carboxylic acid groups (broad SMARTS) is 1. The number of carboxylic acids is 1. The van der Waals surface area contributed by atoms with Gasteiger partial charge in [0.05, 0.1) is 12.1 Å². The molecule has 5 nitrogen and oxygen atoms in total. The van der Waals surface area contributed by atoms with Gasteiger partial charge in [0.15, 0.2) is 0 Å². The van der Waals surface area contributed by atoms with Gasteiger partial charge in [-0.3, -0.25) is 9.20 Å². The van der Waals surface area contributed by atoms with Gasteiger partial charge in [-0.1, -0.05) is 6.92 Å². The Morgan fingerprint density at radius 2 is 2.29 bits per heavy atom. The Labute approximate surface area is 99.1 Å². The van der Waals surface area contributed by atoms with Gasteiger partial charge in [-0.2, -0.15) is 0 Å². The zero-order valence-electron chi connectivity index (χ0n) is 9.97. The van der Waals surface area contributed by atoms with Crippen LogP contribution in [0.25, 0.3) is 5.65 Å². The van der Waals surface area contributed by atoms with Gasteiger partial charge in [-0.25, -0.2) is 9.97 Å². The third kappa shape index (κ3) is 2.27. The van der Waals surface area contributed by atoms with Crippen LogP contribution in [0.3, 0.4) is 0 Å². The molecule has 2 rings (SSSR count). The quantitative estimate of drug-likeness (QED) is 0.871. The molecule has 0 fully saturated rings. The van der Waals surface area contributed by atoms with Crippen molar-refractivity contribution in [1.29, 1.82) is 0 Å². The molecular weight excluding hydrogens is 218 g/mol. The van der Waals surface area contributed by atoms with Crippen molar-refractivity contribution in [3.8, 4) is 0 Å². The number of hydrogen-bond donors (Lipinski definition) is 1. The van der Waals surface area contributed by atoms with E-state index in [2.05, 4.69) is 16.9 Å². The molecule has 0 atom stereocenters. The predicted molar refractivity (Wildman–Crippen MR) is 63.1 cm³/mol. The first-order valence-corrected chi connectivity index (χ1v) is 5.66. The summed E-state index contributed by atoms with van der Waals surface area (Å²) in [6, 6.07) is 0. The first-order valence-electron chi connectivity index (χ1n) is 5.66. The van der Waals surface area contributed by atoms with E-state index in [0.29, 0.717) is 6.42 Å². The lowest BCUT2D eigenvalue weighted by Gasteiger charge is -2.01. The maximum atomic E-state index is 10.5. The van der Waals surface area contributed by atoms with E-state index in [-0.39, 0.29) is 6.42 Å². The molecule has 90 valence electrons. The van der Waals surface area contributed by atoms with Gasteiger partial charge in [-0.15, -0.1) is 0 Å². The number of carbonyl (C=O) groups is 1. The third-order valence-electron chi connectivity index (χ3n) is 2.77. The van der Waals surface area contributed by atoms with Crippen molar-refractivity contribution in [2.75, 3.05) is 0 Å². The van der Waals surface area contributed by atoms with Crippen LogP contribution in [0.5, 0.6) is 0 Å². The fourth-order valence-electron chi connectivity index (χ4n) is 1.80. The minimum atomic E-state index is -0.799. The van der Waals surface area contributed by atoms with E-state index in [1.54, 1.807) is 0 Å². The molecule has 0 aromatic carbocycles. The van der Waals surface area contributed by atoms with Crippen LogP contribution in [0.1, 0.15) is 30.4 Å². The van der Waals surface area contributed by atoms with Crippen molar-refractivity contribution in [2.45, 2.75) is 33.1 Å². The minimum Gasteiger partial charge on any atom is -0.481 e. The molecule has 0 aliphatic heterocycles. The van der Waals surface area contributed by atoms with E-state index in [1.807, 2.05) is 23.7 Å². The van der Waals surface area contributed by atoms with E-state index in [9.17, 15) is 4.79 Å². The SMILES string of the molecule is CCc1cnc(C)n2cc(CCC(=O)O)nc12. The number of aliphatic carboxylic acids is 1. The highest BCUT2D eigenvalue weighted by molar-refractivity contribution is 5.67. The number of rotatable bonds is 4. The van der Waals surface area contributed by atoms with Gasteiger partial charge in [0.25, 0.3) is 0 Å². The van der Waals surface area contributed by atoms with Gasteiger partial charge in [0, 0.05) is 24.4 Å². The fourth-order valence-corrected chi connectivity index (χ4v) is 1.80. The van der Waals surface area contributed by atoms with Gasteiger partial charge in [0.1, 0.15) is 11.5 Å². The van der Waals surface area contributed by atoms with Gasteiger partial charge < -0.3 is 5.11 Å². The molecular formula is C12H15N3O2. The van der Waals surface area contributed by atoms with Crippen molar-refractivity contribution >= 4 is 11.6 Å². The van der Waals surface area contributed by atoms with Crippen molar-refractivity contribution in [2.24, 2.45) is 0 Å². The van der Waals surface area contributed by atoms with Crippen LogP contribution in [0.4, 0.5) is 0 Å². The molecule has 2 aromatic heterocycles. The fraction of sp³-hybridized carbons (Fsp3) is 0.417. The molecule has 0 aliphatic rings. The summed E-state index contributed by atoms with van der Waals surface area (Å²) >= 11 is 0. The molecule has 0 saturated heterocycles. The Morgan fingerprint density at radius 1 is 1.53 bits per heavy atom. The summed E-state index contributed by atoms with van der Waals surface area (Å²) in [5.74, 6) is 0.0684. The summed E-state index contributed by atoms with van der Waals surface area (Å²) < 4.78 is 1.93. The maximum absolute atomic E-state index is 10.5. The Balaban J connectivity index is 2.41. The van der Waals surface area contributed by atoms with Gasteiger partial charge >= 0.3 is 5.97 Å². The summed E-state index contributed by atoms with van der Waals surface area (Å²) in [5.41, 5.74) is 2.77. The molecule has 0 bridgehead atoms. The van der Waals surface area contributed by atoms with E-state index < -0.39 is 5.97 Å². The average molecular weight is 233 g/mol. The number of nitrogens with zero attached hydrogens (tertiary/aromatic N) is 3. The van der Waals surface area contributed by atoms with Crippen LogP contribution >= 0.6 is 0 Å². The minimum absolute atomic E-state index is 0.109. The van der Waals surface area contributed by atoms with Crippen molar-refractivity contribution in [3.63, 3.8) is 0 Å². The van der Waals surface area contributed by atoms with Crippen LogP contribution in [-0.2, 0) is 17.6 Å². The Kier molecular flexibility index (Phi) is 3.08. The van der Waals surface area contributed by atoms with Crippen LogP contribution in [0.2, 0.25) is 0 Å². The summed E-state index contributed by atoms with van der Waals surface area (Å²) in [7, 11) is 0. The molecule has 5 heteroatoms. The zero-order chi connectivity index (χ0) is 12.4. The molecule has 0 radical (unpaired) electrons. The van der Waals surface area contributed by atoms with Crippen molar-refractivity contribution < 1.29 is 9.90 Å². The number of hydrogen-bond acceptors (Lipinski definition) is 3. The Hall–Kier alpha value is -1.91. The molecule has 17 heavy (non-hydrogen) atoms. The van der Waals surface area contributed by atoms with E-state index in [0.717, 1.165) is 29.1 Å². The Morgan fingerprint density at radius 3 is 2.94 bits per heavy atom. The third-order valence-corrected chi connectivity index (χ3v) is 2.77. The molecule has 0 saturated carbocycles. The lowest BCUT2D eigenvalue weighted by molar-refractivity contribution is -0.136. The van der Waals surface area contributed by atoms with Crippen LogP contribution in [0, 0.1) is 6.92 Å². The van der Waals surface area contributed by atoms with E-state index in [1.165, 1.54) is 0 Å². The van der Waals surface area contributed by atoms with Gasteiger partial charge in [-0.05, 0) is 13.3 Å². The zero-order valence-corrected chi connectivity index (χ0v) is 9.97. The van der Waals surface area contributed by atoms with E-state index in [4.69, 9.17) is 5.11 Å². The highest BCUT2D eigenvalue weighted by Crippen LogP contribution is 2.13. The standard InChI is InChI=1S/C12H15N3O2/c1-3-9-6-13-8(2)15-7-10(14-12(9)15)4-5-11(16)17/h6-7H,3-5H2,1-2H3,(H,16,17). The molecule has 0 unspecified atom stereocenters. The summed E-state index contributed by atoms with van der Waals surface area (Å²) in [4.78, 5) is 19.3. The largest absolute Gasteiger partial charge is 0.481 e. The monoisotopic (exact) mass is 233 g/mol. The number of aromatic nitrogens is 3. The number of imidazole rings is 1. The lowest BCUT2D eigenvalue weighted by atomic mass is 10.2. The maximum Gasteiger partial charge on any atom is 0.303 e. The second-order valence-corrected chi connectivity index (χ2v) is 4.00. The molecule has 2 aromatic rings. The molecule has 0 amide bonds. The average Bonchev–Trinajstić information content (AvgIpc) is 2.72. The van der Waals surface area contributed by atoms with Crippen LogP contribution < -0.4 is 0 Å².